The van der Waals surface area contributed by atoms with Gasteiger partial charge >= 0.3 is 0 Å². The first-order chi connectivity index (χ1) is 24.2. The van der Waals surface area contributed by atoms with Gasteiger partial charge in [0.15, 0.2) is 23.5 Å². The van der Waals surface area contributed by atoms with Crippen LogP contribution in [0.15, 0.2) is 90.0 Å². The van der Waals surface area contributed by atoms with Gasteiger partial charge in [0, 0.05) is 5.92 Å². The Morgan fingerprint density at radius 3 is 2.18 bits per heavy atom. The van der Waals surface area contributed by atoms with Crippen LogP contribution in [-0.4, -0.2) is 69.7 Å². The molecule has 5 aromatic rings. The van der Waals surface area contributed by atoms with Crippen LogP contribution in [0.4, 0.5) is 5.95 Å². The van der Waals surface area contributed by atoms with Crippen LogP contribution in [0.1, 0.15) is 36.8 Å². The maximum absolute atomic E-state index is 12.9. The number of hydrogen-bond donors (Lipinski definition) is 3. The molecule has 13 nitrogen and oxygen atoms in total. The van der Waals surface area contributed by atoms with Gasteiger partial charge in [0.2, 0.25) is 11.9 Å². The molecule has 0 saturated carbocycles. The molecule has 3 aromatic carbocycles. The zero-order valence-electron chi connectivity index (χ0n) is 27.9. The third kappa shape index (κ3) is 6.39. The fourth-order valence-electron chi connectivity index (χ4n) is 6.00. The number of rotatable bonds is 12. The summed E-state index contributed by atoms with van der Waals surface area (Å²) in [4.78, 5) is 36.4. The van der Waals surface area contributed by atoms with Gasteiger partial charge in [-0.2, -0.15) is 4.98 Å². The zero-order valence-corrected chi connectivity index (χ0v) is 27.9. The van der Waals surface area contributed by atoms with Crippen molar-refractivity contribution in [2.45, 2.75) is 44.0 Å². The third-order valence-corrected chi connectivity index (χ3v) is 8.63. The Morgan fingerprint density at radius 2 is 1.62 bits per heavy atom. The van der Waals surface area contributed by atoms with E-state index in [9.17, 15) is 14.7 Å². The number of aromatic nitrogens is 4. The summed E-state index contributed by atoms with van der Waals surface area (Å²) >= 11 is 0. The second-order valence-corrected chi connectivity index (χ2v) is 12.0. The first kappa shape index (κ1) is 34.2. The van der Waals surface area contributed by atoms with E-state index in [0.29, 0.717) is 11.5 Å². The first-order valence-electron chi connectivity index (χ1n) is 15.9. The maximum atomic E-state index is 12.9. The van der Waals surface area contributed by atoms with Crippen LogP contribution in [0.5, 0.6) is 11.5 Å². The number of benzene rings is 3. The number of amides is 1. The van der Waals surface area contributed by atoms with E-state index < -0.39 is 35.7 Å². The average molecular weight is 680 g/mol. The predicted molar refractivity (Wildman–Crippen MR) is 184 cm³/mol. The highest BCUT2D eigenvalue weighted by Gasteiger charge is 2.49. The van der Waals surface area contributed by atoms with Crippen LogP contribution >= 0.6 is 0 Å². The van der Waals surface area contributed by atoms with E-state index in [1.54, 1.807) is 28.1 Å². The predicted octanol–water partition coefficient (Wildman–Crippen LogP) is 3.97. The molecule has 2 aromatic heterocycles. The van der Waals surface area contributed by atoms with Gasteiger partial charge in [-0.25, -0.2) is 4.98 Å². The van der Waals surface area contributed by atoms with Gasteiger partial charge in [-0.3, -0.25) is 24.5 Å². The fourth-order valence-corrected chi connectivity index (χ4v) is 6.00. The largest absolute Gasteiger partial charge is 0.497 e. The lowest BCUT2D eigenvalue weighted by Crippen LogP contribution is -2.40. The number of aliphatic hydroxyl groups is 1. The molecule has 258 valence electrons. The number of aromatic amines is 1. The summed E-state index contributed by atoms with van der Waals surface area (Å²) in [5.74, 6) is 0.574. The van der Waals surface area contributed by atoms with E-state index in [1.807, 2.05) is 78.9 Å². The molecule has 13 heteroatoms. The van der Waals surface area contributed by atoms with Crippen LogP contribution in [0.25, 0.3) is 11.2 Å². The topological polar surface area (TPSA) is 159 Å². The Kier molecular flexibility index (Phi) is 9.87. The van der Waals surface area contributed by atoms with Gasteiger partial charge in [-0.1, -0.05) is 74.9 Å². The van der Waals surface area contributed by atoms with Gasteiger partial charge in [-0.15, -0.1) is 0 Å². The standard InChI is InChI=1S/C37H37N5O8/c1-6-48-31-30(43)28(50-35(31)42-21-38-29-32(42)39-36(41-34(29)45)40-33(44)22(2)3)20-49-37(23-10-8-7-9-11-23,24-12-16-26(46-4)17-13-24)25-14-18-27(47-5)19-15-25/h1,7-19,21-22,28,30-31,35,43H,20H2,2-5H3,(H2,39,40,41,44,45). The van der Waals surface area contributed by atoms with Crippen molar-refractivity contribution in [2.75, 3.05) is 26.1 Å². The van der Waals surface area contributed by atoms with Crippen LogP contribution in [0.2, 0.25) is 0 Å². The summed E-state index contributed by atoms with van der Waals surface area (Å²) in [6.45, 7) is 3.29. The molecule has 1 amide bonds. The van der Waals surface area contributed by atoms with E-state index in [-0.39, 0.29) is 35.5 Å². The molecule has 4 unspecified atom stereocenters. The average Bonchev–Trinajstić information content (AvgIpc) is 3.70. The number of nitrogens with zero attached hydrogens (tertiary/aromatic N) is 3. The summed E-state index contributed by atoms with van der Waals surface area (Å²) in [5, 5.41) is 14.2. The van der Waals surface area contributed by atoms with Crippen molar-refractivity contribution in [1.82, 2.24) is 19.5 Å². The summed E-state index contributed by atoms with van der Waals surface area (Å²) in [6, 6.07) is 24.8. The fraction of sp³-hybridized carbons (Fsp3) is 0.297. The molecule has 0 aliphatic carbocycles. The van der Waals surface area contributed by atoms with Crippen molar-refractivity contribution in [3.8, 4) is 24.0 Å². The van der Waals surface area contributed by atoms with Crippen molar-refractivity contribution < 1.29 is 33.6 Å². The Labute approximate surface area is 288 Å². The SMILES string of the molecule is C#COC1C(O)C(COC(c2ccccc2)(c2ccc(OC)cc2)c2ccc(OC)cc2)OC1n1cnc2c(=O)[nH]c(NC(=O)C(C)C)nc21. The summed E-state index contributed by atoms with van der Waals surface area (Å²) in [7, 11) is 3.20. The van der Waals surface area contributed by atoms with Gasteiger partial charge in [0.05, 0.1) is 27.2 Å². The van der Waals surface area contributed by atoms with E-state index >= 15 is 0 Å². The summed E-state index contributed by atoms with van der Waals surface area (Å²) in [5.41, 5.74) is 0.705. The molecule has 1 aliphatic heterocycles. The maximum Gasteiger partial charge on any atom is 0.280 e. The second-order valence-electron chi connectivity index (χ2n) is 12.0. The van der Waals surface area contributed by atoms with Crippen LogP contribution in [0, 0.1) is 18.4 Å². The first-order valence-corrected chi connectivity index (χ1v) is 15.9. The minimum atomic E-state index is -1.28. The number of hydrogen-bond acceptors (Lipinski definition) is 10. The normalized spacial score (nSPS) is 18.9. The Bertz CT molecular complexity index is 1990. The van der Waals surface area contributed by atoms with Crippen molar-refractivity contribution in [3.05, 3.63) is 112 Å². The number of methoxy groups -OCH3 is 2. The molecule has 4 atom stereocenters. The molecule has 1 fully saturated rings. The van der Waals surface area contributed by atoms with Crippen molar-refractivity contribution in [1.29, 1.82) is 0 Å². The molecule has 1 saturated heterocycles. The number of H-pyrrole nitrogens is 1. The van der Waals surface area contributed by atoms with Crippen molar-refractivity contribution in [3.63, 3.8) is 0 Å². The number of imidazole rings is 1. The van der Waals surface area contributed by atoms with Crippen LogP contribution in [-0.2, 0) is 24.6 Å². The molecule has 0 bridgehead atoms. The number of ether oxygens (including phenoxy) is 5. The molecule has 50 heavy (non-hydrogen) atoms. The smallest absolute Gasteiger partial charge is 0.280 e. The van der Waals surface area contributed by atoms with Crippen LogP contribution < -0.4 is 20.3 Å². The monoisotopic (exact) mass is 679 g/mol. The highest BCUT2D eigenvalue weighted by molar-refractivity contribution is 5.91. The number of anilines is 1. The Balaban J connectivity index is 1.39. The Hall–Kier alpha value is -5.68. The minimum absolute atomic E-state index is 0.00750. The van der Waals surface area contributed by atoms with Gasteiger partial charge in [0.25, 0.3) is 5.56 Å². The van der Waals surface area contributed by atoms with Gasteiger partial charge < -0.3 is 28.8 Å². The molecular weight excluding hydrogens is 642 g/mol. The molecular formula is C37H37N5O8. The van der Waals surface area contributed by atoms with Crippen molar-refractivity contribution in [2.24, 2.45) is 5.92 Å². The highest BCUT2D eigenvalue weighted by Crippen LogP contribution is 2.43. The van der Waals surface area contributed by atoms with E-state index in [2.05, 4.69) is 26.4 Å². The second kappa shape index (κ2) is 14.4. The Morgan fingerprint density at radius 1 is 1.02 bits per heavy atom. The van der Waals surface area contributed by atoms with Gasteiger partial charge in [-0.05, 0) is 41.0 Å². The minimum Gasteiger partial charge on any atom is -0.497 e. The molecule has 6 rings (SSSR count). The lowest BCUT2D eigenvalue weighted by Gasteiger charge is -2.37. The molecule has 1 aliphatic rings. The highest BCUT2D eigenvalue weighted by atomic mass is 16.6. The number of fused-ring (bicyclic) bond motifs is 1. The van der Waals surface area contributed by atoms with Crippen LogP contribution in [0.3, 0.4) is 0 Å². The third-order valence-electron chi connectivity index (χ3n) is 8.63. The zero-order chi connectivity index (χ0) is 35.4. The van der Waals surface area contributed by atoms with E-state index in [0.717, 1.165) is 16.7 Å². The lowest BCUT2D eigenvalue weighted by atomic mass is 9.80. The number of carbonyl (C=O) groups excluding carboxylic acids is 1. The van der Waals surface area contributed by atoms with Crippen molar-refractivity contribution >= 4 is 23.0 Å². The molecule has 0 radical (unpaired) electrons. The number of terminal acetylenes is 1. The van der Waals surface area contributed by atoms with Gasteiger partial charge in [0.1, 0.15) is 35.4 Å². The lowest BCUT2D eigenvalue weighted by molar-refractivity contribution is -0.118. The van der Waals surface area contributed by atoms with E-state index in [1.165, 1.54) is 10.9 Å². The van der Waals surface area contributed by atoms with E-state index in [4.69, 9.17) is 30.1 Å². The quantitative estimate of drug-likeness (QED) is 0.130. The molecule has 3 N–H and O–H groups in total. The molecule has 3 heterocycles. The number of aliphatic hydroxyl groups excluding tert-OH is 1. The number of carbonyl (C=O) groups is 1. The summed E-state index contributed by atoms with van der Waals surface area (Å²) in [6.07, 6.45) is 4.62. The number of nitrogens with one attached hydrogen (secondary N) is 2. The molecule has 0 spiro atoms. The summed E-state index contributed by atoms with van der Waals surface area (Å²) < 4.78 is 31.3.